The Labute approximate surface area is 147 Å². The number of nitrogens with zero attached hydrogens (tertiary/aromatic N) is 2. The number of carbonyl (C=O) groups is 1. The summed E-state index contributed by atoms with van der Waals surface area (Å²) in [6.45, 7) is 2.21. The van der Waals surface area contributed by atoms with Crippen molar-refractivity contribution in [2.24, 2.45) is 0 Å². The molecule has 1 saturated heterocycles. The number of morpholine rings is 1. The van der Waals surface area contributed by atoms with E-state index in [1.807, 2.05) is 36.4 Å². The van der Waals surface area contributed by atoms with Gasteiger partial charge in [-0.1, -0.05) is 18.2 Å². The Morgan fingerprint density at radius 3 is 2.54 bits per heavy atom. The van der Waals surface area contributed by atoms with Crippen molar-refractivity contribution in [3.63, 3.8) is 0 Å². The number of alkyl halides is 3. The van der Waals surface area contributed by atoms with Gasteiger partial charge in [-0.15, -0.1) is 0 Å². The van der Waals surface area contributed by atoms with Crippen molar-refractivity contribution in [1.82, 2.24) is 15.3 Å². The molecule has 1 aromatic carbocycles. The second-order valence-corrected chi connectivity index (χ2v) is 5.18. The highest BCUT2D eigenvalue weighted by Crippen LogP contribution is 2.16. The first kappa shape index (κ1) is 19.6. The monoisotopic (exact) mass is 370 g/mol. The Morgan fingerprint density at radius 1 is 1.27 bits per heavy atom. The number of para-hydroxylation sites is 1. The number of benzene rings is 1. The molecule has 0 spiro atoms. The number of carboxylic acids is 1. The quantitative estimate of drug-likeness (QED) is 0.764. The molecule has 1 atom stereocenters. The normalized spacial score (nSPS) is 17.0. The summed E-state index contributed by atoms with van der Waals surface area (Å²) in [5.74, 6) is -1.20. The molecule has 2 aromatic rings. The molecular formula is C16H17F3N4O3. The van der Waals surface area contributed by atoms with E-state index in [0.29, 0.717) is 6.61 Å². The van der Waals surface area contributed by atoms with Crippen LogP contribution in [0.3, 0.4) is 0 Å². The maximum absolute atomic E-state index is 10.6. The zero-order valence-electron chi connectivity index (χ0n) is 13.5. The van der Waals surface area contributed by atoms with Gasteiger partial charge in [0.25, 0.3) is 0 Å². The SMILES string of the molecule is O=C(O)C(F)(F)F.c1ccc(Nc2ccnc(C3COCCN3)n2)cc1. The molecule has 1 aliphatic heterocycles. The van der Waals surface area contributed by atoms with Gasteiger partial charge in [0.15, 0.2) is 0 Å². The average molecular weight is 370 g/mol. The van der Waals surface area contributed by atoms with Crippen molar-refractivity contribution >= 4 is 17.5 Å². The van der Waals surface area contributed by atoms with Gasteiger partial charge < -0.3 is 20.5 Å². The summed E-state index contributed by atoms with van der Waals surface area (Å²) in [6, 6.07) is 11.9. The standard InChI is InChI=1S/C14H16N4O.C2HF3O2/c1-2-4-11(5-3-1)17-13-6-7-16-14(18-13)12-10-19-9-8-15-12;3-2(4,5)1(6)7/h1-7,12,15H,8-10H2,(H,16,17,18);(H,6,7). The molecule has 0 amide bonds. The molecule has 3 N–H and O–H groups in total. The Bertz CT molecular complexity index is 707. The largest absolute Gasteiger partial charge is 0.490 e. The highest BCUT2D eigenvalue weighted by atomic mass is 19.4. The highest BCUT2D eigenvalue weighted by Gasteiger charge is 2.38. The van der Waals surface area contributed by atoms with Gasteiger partial charge in [-0.3, -0.25) is 0 Å². The summed E-state index contributed by atoms with van der Waals surface area (Å²) in [4.78, 5) is 17.7. The van der Waals surface area contributed by atoms with E-state index in [9.17, 15) is 13.2 Å². The van der Waals surface area contributed by atoms with Crippen LogP contribution in [0.15, 0.2) is 42.6 Å². The van der Waals surface area contributed by atoms with E-state index in [1.165, 1.54) is 0 Å². The Hall–Kier alpha value is -2.72. The molecule has 1 fully saturated rings. The fourth-order valence-electron chi connectivity index (χ4n) is 2.01. The summed E-state index contributed by atoms with van der Waals surface area (Å²) in [5, 5.41) is 13.7. The molecular weight excluding hydrogens is 353 g/mol. The second kappa shape index (κ2) is 9.11. The van der Waals surface area contributed by atoms with Crippen molar-refractivity contribution in [1.29, 1.82) is 0 Å². The van der Waals surface area contributed by atoms with Crippen LogP contribution in [0.1, 0.15) is 11.9 Å². The molecule has 26 heavy (non-hydrogen) atoms. The molecule has 7 nitrogen and oxygen atoms in total. The Kier molecular flexibility index (Phi) is 6.87. The predicted molar refractivity (Wildman–Crippen MR) is 87.0 cm³/mol. The fraction of sp³-hybridized carbons (Fsp3) is 0.312. The minimum Gasteiger partial charge on any atom is -0.475 e. The van der Waals surface area contributed by atoms with E-state index >= 15 is 0 Å². The minimum atomic E-state index is -5.08. The summed E-state index contributed by atoms with van der Waals surface area (Å²) in [5.41, 5.74) is 1.01. The number of aromatic nitrogens is 2. The summed E-state index contributed by atoms with van der Waals surface area (Å²) in [6.07, 6.45) is -3.32. The number of halogens is 3. The second-order valence-electron chi connectivity index (χ2n) is 5.18. The molecule has 1 unspecified atom stereocenters. The van der Waals surface area contributed by atoms with E-state index in [-0.39, 0.29) is 6.04 Å². The van der Waals surface area contributed by atoms with Crippen LogP contribution >= 0.6 is 0 Å². The molecule has 0 aliphatic carbocycles. The van der Waals surface area contributed by atoms with Crippen molar-refractivity contribution in [2.75, 3.05) is 25.1 Å². The van der Waals surface area contributed by atoms with Crippen molar-refractivity contribution < 1.29 is 27.8 Å². The Morgan fingerprint density at radius 2 is 1.96 bits per heavy atom. The van der Waals surface area contributed by atoms with Gasteiger partial charge in [0, 0.05) is 18.4 Å². The smallest absolute Gasteiger partial charge is 0.475 e. The van der Waals surface area contributed by atoms with Crippen LogP contribution < -0.4 is 10.6 Å². The third kappa shape index (κ3) is 6.30. The first-order chi connectivity index (χ1) is 12.4. The number of nitrogens with one attached hydrogen (secondary N) is 2. The highest BCUT2D eigenvalue weighted by molar-refractivity contribution is 5.73. The number of rotatable bonds is 3. The van der Waals surface area contributed by atoms with Gasteiger partial charge in [0.2, 0.25) is 0 Å². The number of carboxylic acid groups (broad SMARTS) is 1. The summed E-state index contributed by atoms with van der Waals surface area (Å²) < 4.78 is 37.2. The van der Waals surface area contributed by atoms with E-state index in [2.05, 4.69) is 20.6 Å². The lowest BCUT2D eigenvalue weighted by molar-refractivity contribution is -0.192. The van der Waals surface area contributed by atoms with Crippen LogP contribution in [-0.4, -0.2) is 47.0 Å². The lowest BCUT2D eigenvalue weighted by Crippen LogP contribution is -2.35. The van der Waals surface area contributed by atoms with Crippen molar-refractivity contribution in [2.45, 2.75) is 12.2 Å². The molecule has 0 saturated carbocycles. The first-order valence-corrected chi connectivity index (χ1v) is 7.62. The maximum Gasteiger partial charge on any atom is 0.490 e. The average Bonchev–Trinajstić information content (AvgIpc) is 2.63. The molecule has 1 aromatic heterocycles. The van der Waals surface area contributed by atoms with E-state index in [4.69, 9.17) is 14.6 Å². The zero-order valence-corrected chi connectivity index (χ0v) is 13.5. The van der Waals surface area contributed by atoms with E-state index in [1.54, 1.807) is 6.20 Å². The van der Waals surface area contributed by atoms with Crippen LogP contribution in [0.2, 0.25) is 0 Å². The number of anilines is 2. The van der Waals surface area contributed by atoms with Gasteiger partial charge in [-0.25, -0.2) is 14.8 Å². The van der Waals surface area contributed by atoms with E-state index in [0.717, 1.165) is 30.5 Å². The van der Waals surface area contributed by atoms with Crippen LogP contribution in [0, 0.1) is 0 Å². The maximum atomic E-state index is 10.6. The number of hydrogen-bond donors (Lipinski definition) is 3. The topological polar surface area (TPSA) is 96.4 Å². The fourth-order valence-corrected chi connectivity index (χ4v) is 2.01. The van der Waals surface area contributed by atoms with Crippen LogP contribution in [0.5, 0.6) is 0 Å². The van der Waals surface area contributed by atoms with Crippen LogP contribution in [0.25, 0.3) is 0 Å². The minimum absolute atomic E-state index is 0.0753. The molecule has 2 heterocycles. The van der Waals surface area contributed by atoms with Gasteiger partial charge in [-0.05, 0) is 18.2 Å². The van der Waals surface area contributed by atoms with Gasteiger partial charge in [-0.2, -0.15) is 13.2 Å². The summed E-state index contributed by atoms with van der Waals surface area (Å²) >= 11 is 0. The van der Waals surface area contributed by atoms with Gasteiger partial charge in [0.1, 0.15) is 11.6 Å². The first-order valence-electron chi connectivity index (χ1n) is 7.62. The molecule has 10 heteroatoms. The number of ether oxygens (including phenoxy) is 1. The van der Waals surface area contributed by atoms with Crippen LogP contribution in [0.4, 0.5) is 24.7 Å². The molecule has 3 rings (SSSR count). The van der Waals surface area contributed by atoms with Gasteiger partial charge in [0.05, 0.1) is 19.3 Å². The Balaban J connectivity index is 0.000000298. The lowest BCUT2D eigenvalue weighted by Gasteiger charge is -2.22. The number of hydrogen-bond acceptors (Lipinski definition) is 6. The van der Waals surface area contributed by atoms with Crippen molar-refractivity contribution in [3.8, 4) is 0 Å². The van der Waals surface area contributed by atoms with E-state index < -0.39 is 12.1 Å². The molecule has 1 aliphatic rings. The summed E-state index contributed by atoms with van der Waals surface area (Å²) in [7, 11) is 0. The molecule has 0 bridgehead atoms. The molecule has 140 valence electrons. The van der Waals surface area contributed by atoms with Gasteiger partial charge >= 0.3 is 12.1 Å². The van der Waals surface area contributed by atoms with Crippen LogP contribution in [-0.2, 0) is 9.53 Å². The number of aliphatic carboxylic acids is 1. The van der Waals surface area contributed by atoms with Crippen molar-refractivity contribution in [3.05, 3.63) is 48.4 Å². The third-order valence-corrected chi connectivity index (χ3v) is 3.20. The predicted octanol–water partition coefficient (Wildman–Crippen LogP) is 2.51. The molecule has 0 radical (unpaired) electrons. The lowest BCUT2D eigenvalue weighted by atomic mass is 10.2. The third-order valence-electron chi connectivity index (χ3n) is 3.20. The zero-order chi connectivity index (χ0) is 19.0.